The number of anilines is 1. The molecule has 1 saturated carbocycles. The van der Waals surface area contributed by atoms with E-state index in [2.05, 4.69) is 29.3 Å². The number of nitrogens with one attached hydrogen (secondary N) is 1. The quantitative estimate of drug-likeness (QED) is 0.738. The Labute approximate surface area is 133 Å². The zero-order valence-electron chi connectivity index (χ0n) is 13.2. The molecule has 1 aliphatic rings. The van der Waals surface area contributed by atoms with E-state index in [-0.39, 0.29) is 0 Å². The van der Waals surface area contributed by atoms with Gasteiger partial charge in [0.1, 0.15) is 0 Å². The summed E-state index contributed by atoms with van der Waals surface area (Å²) >= 11 is 6.19. The number of nitrogens with zero attached hydrogens (tertiary/aromatic N) is 1. The van der Waals surface area contributed by atoms with Gasteiger partial charge in [-0.3, -0.25) is 0 Å². The zero-order valence-corrected chi connectivity index (χ0v) is 14.0. The van der Waals surface area contributed by atoms with Crippen LogP contribution in [0.1, 0.15) is 38.2 Å². The standard InChI is InChI=1S/C17H27ClN2O/c1-3-20(16-6-4-5-7-16)17-9-8-15(18)12-14(17)13-19-10-11-21-2/h8-9,12,16,19H,3-7,10-11,13H2,1-2H3. The number of benzene rings is 1. The fraction of sp³-hybridized carbons (Fsp3) is 0.647. The third-order valence-corrected chi connectivity index (χ3v) is 4.49. The summed E-state index contributed by atoms with van der Waals surface area (Å²) in [5.41, 5.74) is 2.62. The highest BCUT2D eigenvalue weighted by Gasteiger charge is 2.23. The first-order valence-electron chi connectivity index (χ1n) is 8.01. The van der Waals surface area contributed by atoms with Gasteiger partial charge in [0, 0.05) is 43.5 Å². The molecule has 0 bridgehead atoms. The lowest BCUT2D eigenvalue weighted by Crippen LogP contribution is -2.34. The Morgan fingerprint density at radius 1 is 1.33 bits per heavy atom. The van der Waals surface area contributed by atoms with E-state index in [1.165, 1.54) is 36.9 Å². The van der Waals surface area contributed by atoms with Gasteiger partial charge in [-0.25, -0.2) is 0 Å². The topological polar surface area (TPSA) is 24.5 Å². The number of hydrogen-bond donors (Lipinski definition) is 1. The van der Waals surface area contributed by atoms with Crippen molar-refractivity contribution in [3.63, 3.8) is 0 Å². The monoisotopic (exact) mass is 310 g/mol. The first-order chi connectivity index (χ1) is 10.3. The number of halogens is 1. The minimum Gasteiger partial charge on any atom is -0.383 e. The Balaban J connectivity index is 2.12. The van der Waals surface area contributed by atoms with Crippen molar-refractivity contribution in [3.8, 4) is 0 Å². The van der Waals surface area contributed by atoms with Crippen LogP contribution in [-0.2, 0) is 11.3 Å². The maximum atomic E-state index is 6.19. The van der Waals surface area contributed by atoms with Gasteiger partial charge in [-0.2, -0.15) is 0 Å². The number of rotatable bonds is 8. The van der Waals surface area contributed by atoms with E-state index in [4.69, 9.17) is 16.3 Å². The molecule has 0 spiro atoms. The summed E-state index contributed by atoms with van der Waals surface area (Å²) in [6.07, 6.45) is 5.34. The average molecular weight is 311 g/mol. The highest BCUT2D eigenvalue weighted by Crippen LogP contribution is 2.31. The molecule has 2 rings (SSSR count). The Morgan fingerprint density at radius 2 is 2.10 bits per heavy atom. The van der Waals surface area contributed by atoms with E-state index < -0.39 is 0 Å². The molecule has 1 aromatic carbocycles. The molecular formula is C17H27ClN2O. The van der Waals surface area contributed by atoms with Crippen LogP contribution in [0.5, 0.6) is 0 Å². The molecule has 1 N–H and O–H groups in total. The molecule has 4 heteroatoms. The minimum absolute atomic E-state index is 0.689. The molecule has 1 aromatic rings. The normalized spacial score (nSPS) is 15.6. The second-order valence-electron chi connectivity index (χ2n) is 5.67. The SMILES string of the molecule is CCN(c1ccc(Cl)cc1CNCCOC)C1CCCC1. The van der Waals surface area contributed by atoms with Crippen molar-refractivity contribution >= 4 is 17.3 Å². The number of ether oxygens (including phenoxy) is 1. The molecule has 3 nitrogen and oxygen atoms in total. The average Bonchev–Trinajstić information content (AvgIpc) is 3.00. The number of methoxy groups -OCH3 is 1. The van der Waals surface area contributed by atoms with Gasteiger partial charge in [-0.05, 0) is 43.5 Å². The first-order valence-corrected chi connectivity index (χ1v) is 8.38. The first kappa shape index (κ1) is 16.6. The van der Waals surface area contributed by atoms with Crippen molar-refractivity contribution < 1.29 is 4.74 Å². The summed E-state index contributed by atoms with van der Waals surface area (Å²) in [5, 5.41) is 4.24. The second kappa shape index (κ2) is 8.62. The Hall–Kier alpha value is -0.770. The van der Waals surface area contributed by atoms with Crippen LogP contribution in [0.3, 0.4) is 0 Å². The lowest BCUT2D eigenvalue weighted by molar-refractivity contribution is 0.199. The fourth-order valence-electron chi connectivity index (χ4n) is 3.21. The summed E-state index contributed by atoms with van der Waals surface area (Å²) in [6.45, 7) is 5.73. The maximum Gasteiger partial charge on any atom is 0.0587 e. The van der Waals surface area contributed by atoms with E-state index in [1.807, 2.05) is 6.07 Å². The molecule has 0 aromatic heterocycles. The van der Waals surface area contributed by atoms with Gasteiger partial charge >= 0.3 is 0 Å². The van der Waals surface area contributed by atoms with Crippen LogP contribution in [0, 0.1) is 0 Å². The van der Waals surface area contributed by atoms with E-state index in [0.29, 0.717) is 6.04 Å². The van der Waals surface area contributed by atoms with Crippen LogP contribution in [-0.4, -0.2) is 32.8 Å². The van der Waals surface area contributed by atoms with Crippen LogP contribution < -0.4 is 10.2 Å². The largest absolute Gasteiger partial charge is 0.383 e. The van der Waals surface area contributed by atoms with Gasteiger partial charge in [0.05, 0.1) is 6.61 Å². The van der Waals surface area contributed by atoms with Gasteiger partial charge in [0.2, 0.25) is 0 Å². The zero-order chi connectivity index (χ0) is 15.1. The Bertz CT molecular complexity index is 433. The summed E-state index contributed by atoms with van der Waals surface area (Å²) in [6, 6.07) is 6.97. The summed E-state index contributed by atoms with van der Waals surface area (Å²) < 4.78 is 5.08. The van der Waals surface area contributed by atoms with E-state index in [0.717, 1.165) is 31.3 Å². The molecule has 1 fully saturated rings. The van der Waals surface area contributed by atoms with Crippen molar-refractivity contribution in [2.45, 2.75) is 45.2 Å². The van der Waals surface area contributed by atoms with Crippen molar-refractivity contribution in [1.29, 1.82) is 0 Å². The van der Waals surface area contributed by atoms with Crippen LogP contribution in [0.2, 0.25) is 5.02 Å². The van der Waals surface area contributed by atoms with Gasteiger partial charge in [-0.15, -0.1) is 0 Å². The van der Waals surface area contributed by atoms with E-state index >= 15 is 0 Å². The third-order valence-electron chi connectivity index (χ3n) is 4.26. The summed E-state index contributed by atoms with van der Waals surface area (Å²) in [7, 11) is 1.73. The lowest BCUT2D eigenvalue weighted by Gasteiger charge is -2.32. The summed E-state index contributed by atoms with van der Waals surface area (Å²) in [5.74, 6) is 0. The molecule has 0 amide bonds. The molecule has 1 aliphatic carbocycles. The molecular weight excluding hydrogens is 284 g/mol. The fourth-order valence-corrected chi connectivity index (χ4v) is 3.41. The molecule has 0 aliphatic heterocycles. The molecule has 0 radical (unpaired) electrons. The Kier molecular flexibility index (Phi) is 6.81. The van der Waals surface area contributed by atoms with Crippen molar-refractivity contribution in [2.24, 2.45) is 0 Å². The van der Waals surface area contributed by atoms with Crippen LogP contribution in [0.15, 0.2) is 18.2 Å². The number of hydrogen-bond acceptors (Lipinski definition) is 3. The lowest BCUT2D eigenvalue weighted by atomic mass is 10.1. The smallest absolute Gasteiger partial charge is 0.0587 e. The van der Waals surface area contributed by atoms with Gasteiger partial charge in [0.15, 0.2) is 0 Å². The predicted molar refractivity (Wildman–Crippen MR) is 90.3 cm³/mol. The van der Waals surface area contributed by atoms with Crippen molar-refractivity contribution in [2.75, 3.05) is 31.7 Å². The molecule has 0 atom stereocenters. The van der Waals surface area contributed by atoms with Gasteiger partial charge < -0.3 is 15.0 Å². The Morgan fingerprint density at radius 3 is 2.76 bits per heavy atom. The summed E-state index contributed by atoms with van der Waals surface area (Å²) in [4.78, 5) is 2.55. The van der Waals surface area contributed by atoms with Crippen molar-refractivity contribution in [3.05, 3.63) is 28.8 Å². The molecule has 0 saturated heterocycles. The molecule has 118 valence electrons. The van der Waals surface area contributed by atoms with E-state index in [9.17, 15) is 0 Å². The maximum absolute atomic E-state index is 6.19. The van der Waals surface area contributed by atoms with Crippen molar-refractivity contribution in [1.82, 2.24) is 5.32 Å². The van der Waals surface area contributed by atoms with E-state index in [1.54, 1.807) is 7.11 Å². The third kappa shape index (κ3) is 4.60. The molecule has 0 unspecified atom stereocenters. The predicted octanol–water partition coefficient (Wildman–Crippen LogP) is 3.84. The van der Waals surface area contributed by atoms with Gasteiger partial charge in [-0.1, -0.05) is 24.4 Å². The molecule has 21 heavy (non-hydrogen) atoms. The minimum atomic E-state index is 0.689. The highest BCUT2D eigenvalue weighted by atomic mass is 35.5. The second-order valence-corrected chi connectivity index (χ2v) is 6.10. The van der Waals surface area contributed by atoms with Gasteiger partial charge in [0.25, 0.3) is 0 Å². The van der Waals surface area contributed by atoms with Crippen LogP contribution in [0.25, 0.3) is 0 Å². The molecule has 0 heterocycles. The highest BCUT2D eigenvalue weighted by molar-refractivity contribution is 6.30. The van der Waals surface area contributed by atoms with Crippen LogP contribution >= 0.6 is 11.6 Å². The van der Waals surface area contributed by atoms with Crippen LogP contribution in [0.4, 0.5) is 5.69 Å².